The summed E-state index contributed by atoms with van der Waals surface area (Å²) in [4.78, 5) is 21.8. The van der Waals surface area contributed by atoms with Crippen molar-refractivity contribution in [1.29, 1.82) is 0 Å². The van der Waals surface area contributed by atoms with Crippen LogP contribution in [0.3, 0.4) is 0 Å². The van der Waals surface area contributed by atoms with Crippen molar-refractivity contribution in [3.63, 3.8) is 0 Å². The molecule has 0 aromatic carbocycles. The smallest absolute Gasteiger partial charge is 0.268 e. The molecular weight excluding hydrogens is 308 g/mol. The standard InChI is InChI=1S/C17H18N4OS/c22-17-15-13(19-16(20-17)9-4-1-2-5-9)10-6-3-7-12-11(8-18-21-12)14(10)23-15/h8-9H,1-7H2,(H,18,21)(H,19,20,22). The first-order valence-corrected chi connectivity index (χ1v) is 9.21. The van der Waals surface area contributed by atoms with Gasteiger partial charge in [0.15, 0.2) is 0 Å². The molecule has 3 aromatic heterocycles. The molecule has 0 bridgehead atoms. The van der Waals surface area contributed by atoms with Crippen molar-refractivity contribution in [2.24, 2.45) is 0 Å². The Kier molecular flexibility index (Phi) is 2.95. The van der Waals surface area contributed by atoms with Gasteiger partial charge in [-0.25, -0.2) is 4.98 Å². The van der Waals surface area contributed by atoms with Crippen LogP contribution in [0.25, 0.3) is 20.7 Å². The second kappa shape index (κ2) is 5.03. The van der Waals surface area contributed by atoms with Gasteiger partial charge in [0.05, 0.1) is 11.7 Å². The fourth-order valence-electron chi connectivity index (χ4n) is 4.03. The number of hydrogen-bond donors (Lipinski definition) is 2. The molecule has 1 fully saturated rings. The molecule has 3 aromatic rings. The van der Waals surface area contributed by atoms with Crippen LogP contribution in [0.5, 0.6) is 0 Å². The molecule has 1 saturated carbocycles. The first kappa shape index (κ1) is 13.5. The molecule has 2 N–H and O–H groups in total. The summed E-state index contributed by atoms with van der Waals surface area (Å²) >= 11 is 1.57. The number of nitrogens with zero attached hydrogens (tertiary/aromatic N) is 2. The van der Waals surface area contributed by atoms with E-state index in [1.165, 1.54) is 29.0 Å². The molecule has 3 heterocycles. The minimum Gasteiger partial charge on any atom is -0.309 e. The summed E-state index contributed by atoms with van der Waals surface area (Å²) in [6.07, 6.45) is 9.73. The molecule has 0 atom stereocenters. The van der Waals surface area contributed by atoms with Crippen molar-refractivity contribution >= 4 is 21.6 Å². The van der Waals surface area contributed by atoms with Crippen LogP contribution < -0.4 is 5.56 Å². The van der Waals surface area contributed by atoms with Gasteiger partial charge in [-0.3, -0.25) is 9.89 Å². The molecule has 2 aliphatic rings. The summed E-state index contributed by atoms with van der Waals surface area (Å²) in [5.74, 6) is 1.33. The van der Waals surface area contributed by atoms with E-state index in [2.05, 4.69) is 15.2 Å². The van der Waals surface area contributed by atoms with E-state index in [4.69, 9.17) is 4.98 Å². The van der Waals surface area contributed by atoms with E-state index in [0.29, 0.717) is 5.92 Å². The fraction of sp³-hybridized carbons (Fsp3) is 0.471. The monoisotopic (exact) mass is 326 g/mol. The van der Waals surface area contributed by atoms with Gasteiger partial charge in [-0.2, -0.15) is 5.10 Å². The summed E-state index contributed by atoms with van der Waals surface area (Å²) in [6.45, 7) is 0. The average Bonchev–Trinajstić information content (AvgIpc) is 3.26. The maximum absolute atomic E-state index is 12.6. The van der Waals surface area contributed by atoms with Crippen LogP contribution in [0.2, 0.25) is 0 Å². The number of fused-ring (bicyclic) bond motifs is 5. The Hall–Kier alpha value is -1.95. The third-order valence-electron chi connectivity index (χ3n) is 5.22. The van der Waals surface area contributed by atoms with Crippen LogP contribution in [0.15, 0.2) is 11.0 Å². The van der Waals surface area contributed by atoms with Crippen molar-refractivity contribution in [3.8, 4) is 10.4 Å². The predicted octanol–water partition coefficient (Wildman–Crippen LogP) is 3.52. The number of aromatic amines is 2. The topological polar surface area (TPSA) is 74.4 Å². The van der Waals surface area contributed by atoms with Gasteiger partial charge in [0, 0.05) is 22.1 Å². The second-order valence-electron chi connectivity index (χ2n) is 6.64. The van der Waals surface area contributed by atoms with Crippen molar-refractivity contribution in [2.75, 3.05) is 0 Å². The summed E-state index contributed by atoms with van der Waals surface area (Å²) in [6, 6.07) is 0. The normalized spacial score (nSPS) is 18.1. The summed E-state index contributed by atoms with van der Waals surface area (Å²) in [5.41, 5.74) is 4.55. The third-order valence-corrected chi connectivity index (χ3v) is 6.47. The Morgan fingerprint density at radius 1 is 1.17 bits per heavy atom. The molecule has 0 aliphatic heterocycles. The lowest BCUT2D eigenvalue weighted by atomic mass is 10.1. The number of aryl methyl sites for hydroxylation is 2. The molecule has 5 rings (SSSR count). The zero-order valence-corrected chi connectivity index (χ0v) is 13.6. The van der Waals surface area contributed by atoms with E-state index in [9.17, 15) is 4.79 Å². The quantitative estimate of drug-likeness (QED) is 0.718. The van der Waals surface area contributed by atoms with Gasteiger partial charge in [-0.15, -0.1) is 11.3 Å². The predicted molar refractivity (Wildman–Crippen MR) is 91.1 cm³/mol. The van der Waals surface area contributed by atoms with E-state index in [1.54, 1.807) is 11.3 Å². The van der Waals surface area contributed by atoms with Crippen molar-refractivity contribution in [2.45, 2.75) is 50.9 Å². The van der Waals surface area contributed by atoms with Crippen LogP contribution in [-0.4, -0.2) is 20.2 Å². The minimum atomic E-state index is 0.0278. The van der Waals surface area contributed by atoms with Gasteiger partial charge < -0.3 is 4.98 Å². The van der Waals surface area contributed by atoms with Gasteiger partial charge in [-0.05, 0) is 37.7 Å². The highest BCUT2D eigenvalue weighted by Crippen LogP contribution is 2.41. The number of aromatic nitrogens is 4. The average molecular weight is 326 g/mol. The second-order valence-corrected chi connectivity index (χ2v) is 7.66. The van der Waals surface area contributed by atoms with Gasteiger partial charge in [0.1, 0.15) is 10.5 Å². The first-order chi connectivity index (χ1) is 11.3. The Balaban J connectivity index is 1.76. The van der Waals surface area contributed by atoms with Crippen LogP contribution in [0.4, 0.5) is 0 Å². The van der Waals surface area contributed by atoms with Gasteiger partial charge >= 0.3 is 0 Å². The Bertz CT molecular complexity index is 945. The summed E-state index contributed by atoms with van der Waals surface area (Å²) < 4.78 is 0.769. The zero-order chi connectivity index (χ0) is 15.4. The van der Waals surface area contributed by atoms with Crippen LogP contribution in [-0.2, 0) is 12.8 Å². The molecule has 23 heavy (non-hydrogen) atoms. The highest BCUT2D eigenvalue weighted by molar-refractivity contribution is 7.22. The largest absolute Gasteiger partial charge is 0.309 e. The molecule has 2 aliphatic carbocycles. The van der Waals surface area contributed by atoms with Gasteiger partial charge in [0.2, 0.25) is 0 Å². The Morgan fingerprint density at radius 2 is 2.04 bits per heavy atom. The summed E-state index contributed by atoms with van der Waals surface area (Å²) in [7, 11) is 0. The van der Waals surface area contributed by atoms with E-state index in [1.807, 2.05) is 6.20 Å². The van der Waals surface area contributed by atoms with Crippen LogP contribution in [0.1, 0.15) is 55.1 Å². The minimum absolute atomic E-state index is 0.0278. The fourth-order valence-corrected chi connectivity index (χ4v) is 5.25. The lowest BCUT2D eigenvalue weighted by Crippen LogP contribution is -2.13. The van der Waals surface area contributed by atoms with Crippen LogP contribution in [0, 0.1) is 0 Å². The molecule has 0 radical (unpaired) electrons. The van der Waals surface area contributed by atoms with Crippen LogP contribution >= 0.6 is 11.3 Å². The molecule has 0 spiro atoms. The molecule has 5 nitrogen and oxygen atoms in total. The lowest BCUT2D eigenvalue weighted by molar-refractivity contribution is 0.669. The van der Waals surface area contributed by atoms with Gasteiger partial charge in [0.25, 0.3) is 5.56 Å². The summed E-state index contributed by atoms with van der Waals surface area (Å²) in [5, 5.41) is 7.30. The number of H-pyrrole nitrogens is 2. The van der Waals surface area contributed by atoms with E-state index < -0.39 is 0 Å². The molecule has 0 amide bonds. The molecule has 0 unspecified atom stereocenters. The highest BCUT2D eigenvalue weighted by atomic mass is 32.1. The molecule has 0 saturated heterocycles. The maximum Gasteiger partial charge on any atom is 0.268 e. The van der Waals surface area contributed by atoms with E-state index in [-0.39, 0.29) is 5.56 Å². The maximum atomic E-state index is 12.6. The SMILES string of the molecule is O=c1[nH]c(C2CCCC2)nc2c3c(sc12)-c1cn[nH]c1CCC3. The highest BCUT2D eigenvalue weighted by Gasteiger charge is 2.25. The Labute approximate surface area is 137 Å². The number of rotatable bonds is 1. The van der Waals surface area contributed by atoms with Crippen molar-refractivity contribution in [3.05, 3.63) is 33.6 Å². The number of thiophene rings is 1. The zero-order valence-electron chi connectivity index (χ0n) is 12.8. The van der Waals surface area contributed by atoms with Crippen molar-refractivity contribution < 1.29 is 0 Å². The Morgan fingerprint density at radius 3 is 2.91 bits per heavy atom. The van der Waals surface area contributed by atoms with E-state index in [0.717, 1.165) is 53.7 Å². The first-order valence-electron chi connectivity index (χ1n) is 8.39. The molecular formula is C17H18N4OS. The molecule has 6 heteroatoms. The van der Waals surface area contributed by atoms with Crippen molar-refractivity contribution in [1.82, 2.24) is 20.2 Å². The van der Waals surface area contributed by atoms with Gasteiger partial charge in [-0.1, -0.05) is 12.8 Å². The third kappa shape index (κ3) is 2.01. The number of nitrogens with one attached hydrogen (secondary N) is 2. The lowest BCUT2D eigenvalue weighted by Gasteiger charge is -2.08. The number of hydrogen-bond acceptors (Lipinski definition) is 4. The van der Waals surface area contributed by atoms with E-state index >= 15 is 0 Å². The molecule has 118 valence electrons.